The zero-order valence-corrected chi connectivity index (χ0v) is 17.7. The van der Waals surface area contributed by atoms with Crippen molar-refractivity contribution in [2.24, 2.45) is 0 Å². The van der Waals surface area contributed by atoms with Crippen molar-refractivity contribution in [2.45, 2.75) is 25.8 Å². The van der Waals surface area contributed by atoms with Crippen LogP contribution in [0, 0.1) is 12.7 Å². The van der Waals surface area contributed by atoms with E-state index in [1.807, 2.05) is 14.1 Å². The Bertz CT molecular complexity index is 900. The molecule has 5 N–H and O–H groups in total. The van der Waals surface area contributed by atoms with Crippen LogP contribution in [-0.4, -0.2) is 61.7 Å². The molecule has 2 heterocycles. The Morgan fingerprint density at radius 2 is 1.97 bits per heavy atom. The summed E-state index contributed by atoms with van der Waals surface area (Å²) in [5, 5.41) is 8.63. The van der Waals surface area contributed by atoms with Crippen LogP contribution in [0.15, 0.2) is 18.3 Å². The number of carbonyl (C=O) groups is 1. The molecular formula is C20H33FN6O3. The van der Waals surface area contributed by atoms with Gasteiger partial charge in [0.1, 0.15) is 5.82 Å². The van der Waals surface area contributed by atoms with Crippen LogP contribution in [0.5, 0.6) is 0 Å². The van der Waals surface area contributed by atoms with Crippen molar-refractivity contribution in [3.05, 3.63) is 35.3 Å². The van der Waals surface area contributed by atoms with Gasteiger partial charge in [-0.3, -0.25) is 4.79 Å². The van der Waals surface area contributed by atoms with Crippen LogP contribution in [0.2, 0.25) is 0 Å². The fourth-order valence-corrected chi connectivity index (χ4v) is 3.37. The summed E-state index contributed by atoms with van der Waals surface area (Å²) in [5.41, 5.74) is 2.03. The lowest BCUT2D eigenvalue weighted by Gasteiger charge is -2.33. The SMILES string of the molecule is CNC(=O)c1cc(C)c(Nc2ncc(NC)c(N(C)C3CCOCC3)n2)cc1F.O.[HH].[HH]. The summed E-state index contributed by atoms with van der Waals surface area (Å²) in [6, 6.07) is 3.12. The summed E-state index contributed by atoms with van der Waals surface area (Å²) in [5.74, 6) is 0.0427. The third kappa shape index (κ3) is 4.95. The molecular weight excluding hydrogens is 391 g/mol. The molecule has 0 spiro atoms. The summed E-state index contributed by atoms with van der Waals surface area (Å²) in [6.07, 6.45) is 3.56. The first-order chi connectivity index (χ1) is 13.9. The molecule has 1 aliphatic heterocycles. The van der Waals surface area contributed by atoms with Crippen molar-refractivity contribution in [2.75, 3.05) is 49.9 Å². The number of rotatable bonds is 6. The van der Waals surface area contributed by atoms with Crippen LogP contribution < -0.4 is 20.9 Å². The standard InChI is InChI=1S/C20H27FN6O2.H2O.2H2/c1-12-9-14(19(28)23-3)15(21)10-16(12)25-20-24-11-17(22-2)18(26-20)27(4)13-5-7-29-8-6-13;;;/h9-11,13,22H,5-8H2,1-4H3,(H,23,28)(H,24,25,26);1H2;2*1H. The Hall–Kier alpha value is -2.98. The van der Waals surface area contributed by atoms with Crippen LogP contribution in [-0.2, 0) is 4.74 Å². The molecule has 1 aromatic heterocycles. The average molecular weight is 425 g/mol. The average Bonchev–Trinajstić information content (AvgIpc) is 2.75. The minimum atomic E-state index is -0.608. The number of hydrogen-bond acceptors (Lipinski definition) is 7. The summed E-state index contributed by atoms with van der Waals surface area (Å²) in [4.78, 5) is 22.9. The van der Waals surface area contributed by atoms with E-state index in [0.717, 1.165) is 37.6 Å². The van der Waals surface area contributed by atoms with E-state index in [1.54, 1.807) is 13.1 Å². The molecule has 10 heteroatoms. The number of aromatic nitrogens is 2. The van der Waals surface area contributed by atoms with Gasteiger partial charge in [0.25, 0.3) is 5.91 Å². The molecule has 0 bridgehead atoms. The fourth-order valence-electron chi connectivity index (χ4n) is 3.37. The Labute approximate surface area is 178 Å². The van der Waals surface area contributed by atoms with Crippen LogP contribution in [0.4, 0.5) is 27.5 Å². The number of anilines is 4. The first kappa shape index (κ1) is 23.3. The van der Waals surface area contributed by atoms with Crippen LogP contribution in [0.25, 0.3) is 0 Å². The lowest BCUT2D eigenvalue weighted by atomic mass is 10.1. The third-order valence-corrected chi connectivity index (χ3v) is 5.14. The molecule has 2 aromatic rings. The van der Waals surface area contributed by atoms with Gasteiger partial charge in [0.15, 0.2) is 5.82 Å². The van der Waals surface area contributed by atoms with Crippen LogP contribution >= 0.6 is 0 Å². The maximum atomic E-state index is 14.4. The summed E-state index contributed by atoms with van der Waals surface area (Å²) in [7, 11) is 5.30. The monoisotopic (exact) mass is 424 g/mol. The van der Waals surface area contributed by atoms with E-state index in [-0.39, 0.29) is 13.9 Å². The Morgan fingerprint density at radius 1 is 1.27 bits per heavy atom. The second-order valence-corrected chi connectivity index (χ2v) is 6.99. The van der Waals surface area contributed by atoms with Gasteiger partial charge in [-0.05, 0) is 37.5 Å². The van der Waals surface area contributed by atoms with Gasteiger partial charge in [-0.1, -0.05) is 0 Å². The van der Waals surface area contributed by atoms with Gasteiger partial charge in [0.2, 0.25) is 5.95 Å². The van der Waals surface area contributed by atoms with Gasteiger partial charge >= 0.3 is 0 Å². The summed E-state index contributed by atoms with van der Waals surface area (Å²) >= 11 is 0. The van der Waals surface area contributed by atoms with Gasteiger partial charge in [-0.15, -0.1) is 0 Å². The maximum Gasteiger partial charge on any atom is 0.254 e. The quantitative estimate of drug-likeness (QED) is 0.650. The molecule has 1 saturated heterocycles. The van der Waals surface area contributed by atoms with E-state index >= 15 is 0 Å². The highest BCUT2D eigenvalue weighted by atomic mass is 19.1. The highest BCUT2D eigenvalue weighted by Gasteiger charge is 2.22. The summed E-state index contributed by atoms with van der Waals surface area (Å²) < 4.78 is 19.8. The second-order valence-electron chi connectivity index (χ2n) is 6.99. The van der Waals surface area contributed by atoms with Crippen LogP contribution in [0.1, 0.15) is 31.6 Å². The molecule has 1 aliphatic rings. The lowest BCUT2D eigenvalue weighted by Crippen LogP contribution is -2.37. The smallest absolute Gasteiger partial charge is 0.254 e. The van der Waals surface area contributed by atoms with E-state index in [1.165, 1.54) is 19.2 Å². The number of benzene rings is 1. The van der Waals surface area contributed by atoms with E-state index in [2.05, 4.69) is 30.8 Å². The molecule has 0 unspecified atom stereocenters. The number of nitrogens with one attached hydrogen (secondary N) is 3. The lowest BCUT2D eigenvalue weighted by molar-refractivity contribution is 0.0854. The molecule has 0 aliphatic carbocycles. The van der Waals surface area contributed by atoms with E-state index in [0.29, 0.717) is 23.2 Å². The molecule has 1 fully saturated rings. The van der Waals surface area contributed by atoms with Gasteiger partial charge < -0.3 is 31.1 Å². The Balaban J connectivity index is 0.00000320. The molecule has 0 radical (unpaired) electrons. The minimum Gasteiger partial charge on any atom is -0.412 e. The normalized spacial score (nSPS) is 13.9. The molecule has 9 nitrogen and oxygen atoms in total. The van der Waals surface area contributed by atoms with E-state index in [4.69, 9.17) is 4.74 Å². The molecule has 1 aromatic carbocycles. The third-order valence-electron chi connectivity index (χ3n) is 5.14. The highest BCUT2D eigenvalue weighted by Crippen LogP contribution is 2.29. The fraction of sp³-hybridized carbons (Fsp3) is 0.450. The number of halogens is 1. The number of aryl methyl sites for hydroxylation is 1. The highest BCUT2D eigenvalue weighted by molar-refractivity contribution is 5.95. The van der Waals surface area contributed by atoms with Gasteiger partial charge in [0.05, 0.1) is 17.4 Å². The molecule has 168 valence electrons. The van der Waals surface area contributed by atoms with E-state index in [9.17, 15) is 9.18 Å². The summed E-state index contributed by atoms with van der Waals surface area (Å²) in [6.45, 7) is 3.26. The van der Waals surface area contributed by atoms with E-state index < -0.39 is 11.7 Å². The number of amides is 1. The predicted octanol–water partition coefficient (Wildman–Crippen LogP) is 2.35. The number of nitrogens with zero attached hydrogens (tertiary/aromatic N) is 3. The number of ether oxygens (including phenoxy) is 1. The van der Waals surface area contributed by atoms with Crippen molar-refractivity contribution >= 4 is 29.0 Å². The van der Waals surface area contributed by atoms with Crippen LogP contribution in [0.3, 0.4) is 0 Å². The van der Waals surface area contributed by atoms with Crippen molar-refractivity contribution < 1.29 is 22.3 Å². The predicted molar refractivity (Wildman–Crippen MR) is 119 cm³/mol. The molecule has 0 atom stereocenters. The molecule has 0 saturated carbocycles. The zero-order chi connectivity index (χ0) is 21.0. The van der Waals surface area contributed by atoms with Gasteiger partial charge in [-0.25, -0.2) is 9.37 Å². The minimum absolute atomic E-state index is 0. The van der Waals surface area contributed by atoms with Gasteiger partial charge in [-0.2, -0.15) is 4.98 Å². The Morgan fingerprint density at radius 3 is 2.60 bits per heavy atom. The Kier molecular flexibility index (Phi) is 7.90. The maximum absolute atomic E-state index is 14.4. The molecule has 30 heavy (non-hydrogen) atoms. The number of hydrogen-bond donors (Lipinski definition) is 3. The molecule has 3 rings (SSSR count). The first-order valence-corrected chi connectivity index (χ1v) is 9.59. The first-order valence-electron chi connectivity index (χ1n) is 9.59. The van der Waals surface area contributed by atoms with Gasteiger partial charge in [0, 0.05) is 48.9 Å². The molecule has 1 amide bonds. The topological polar surface area (TPSA) is 123 Å². The van der Waals surface area contributed by atoms with Crippen molar-refractivity contribution in [1.29, 1.82) is 0 Å². The largest absolute Gasteiger partial charge is 0.412 e. The van der Waals surface area contributed by atoms with Crippen molar-refractivity contribution in [3.8, 4) is 0 Å². The van der Waals surface area contributed by atoms with Crippen molar-refractivity contribution in [3.63, 3.8) is 0 Å². The second kappa shape index (κ2) is 10.2. The number of carbonyl (C=O) groups excluding carboxylic acids is 1. The zero-order valence-electron chi connectivity index (χ0n) is 17.7. The van der Waals surface area contributed by atoms with Crippen molar-refractivity contribution in [1.82, 2.24) is 15.3 Å².